The zero-order valence-corrected chi connectivity index (χ0v) is 22.2. The number of amides is 2. The van der Waals surface area contributed by atoms with E-state index in [-0.39, 0.29) is 36.3 Å². The van der Waals surface area contributed by atoms with Gasteiger partial charge in [-0.3, -0.25) is 14.5 Å². The summed E-state index contributed by atoms with van der Waals surface area (Å²) in [7, 11) is 0. The first-order valence-electron chi connectivity index (χ1n) is 13.1. The number of morpholine rings is 1. The summed E-state index contributed by atoms with van der Waals surface area (Å²) >= 11 is 1.22. The van der Waals surface area contributed by atoms with Gasteiger partial charge in [-0.05, 0) is 38.5 Å². The topological polar surface area (TPSA) is 101 Å². The molecular formula is C25H39F2N5O3S. The largest absolute Gasteiger partial charge is 0.376 e. The van der Waals surface area contributed by atoms with Crippen LogP contribution in [-0.4, -0.2) is 76.9 Å². The number of nitrogens with one attached hydrogen (secondary N) is 1. The lowest BCUT2D eigenvalue weighted by atomic mass is 9.79. The van der Waals surface area contributed by atoms with Gasteiger partial charge in [0.2, 0.25) is 11.8 Å². The van der Waals surface area contributed by atoms with E-state index >= 15 is 0 Å². The number of nitrogens with two attached hydrogens (primary N) is 1. The molecule has 1 saturated carbocycles. The highest BCUT2D eigenvalue weighted by Crippen LogP contribution is 2.37. The van der Waals surface area contributed by atoms with Gasteiger partial charge in [0.15, 0.2) is 5.13 Å². The van der Waals surface area contributed by atoms with Crippen LogP contribution in [0.3, 0.4) is 0 Å². The van der Waals surface area contributed by atoms with Gasteiger partial charge in [-0.2, -0.15) is 0 Å². The van der Waals surface area contributed by atoms with Crippen molar-refractivity contribution < 1.29 is 23.1 Å². The van der Waals surface area contributed by atoms with Gasteiger partial charge in [0.05, 0.1) is 36.2 Å². The van der Waals surface area contributed by atoms with Crippen molar-refractivity contribution in [3.8, 4) is 0 Å². The lowest BCUT2D eigenvalue weighted by Gasteiger charge is -2.43. The molecule has 4 atom stereocenters. The van der Waals surface area contributed by atoms with E-state index in [9.17, 15) is 18.4 Å². The minimum Gasteiger partial charge on any atom is -0.376 e. The SMILES string of the molecule is CC1CCC(C(N)C(=O)Nc2ncc(C(CN3C[C@@H](C)OC[C@H]3C)N3CC(F)(F)CCC3=O)s2)CC1. The summed E-state index contributed by atoms with van der Waals surface area (Å²) in [6.07, 6.45) is 5.00. The van der Waals surface area contributed by atoms with Crippen LogP contribution in [0, 0.1) is 11.8 Å². The fourth-order valence-electron chi connectivity index (χ4n) is 5.47. The molecule has 0 bridgehead atoms. The van der Waals surface area contributed by atoms with Crippen LogP contribution < -0.4 is 11.1 Å². The van der Waals surface area contributed by atoms with Crippen molar-refractivity contribution in [1.82, 2.24) is 14.8 Å². The molecule has 3 heterocycles. The zero-order chi connectivity index (χ0) is 26.0. The van der Waals surface area contributed by atoms with Crippen molar-refractivity contribution >= 4 is 28.3 Å². The molecule has 3 fully saturated rings. The lowest BCUT2D eigenvalue weighted by Crippen LogP contribution is -2.54. The van der Waals surface area contributed by atoms with Crippen LogP contribution in [0.5, 0.6) is 0 Å². The van der Waals surface area contributed by atoms with Crippen LogP contribution in [0.4, 0.5) is 13.9 Å². The Kier molecular flexibility index (Phi) is 8.63. The number of anilines is 1. The van der Waals surface area contributed by atoms with Gasteiger partial charge in [0.25, 0.3) is 5.92 Å². The number of hydrogen-bond donors (Lipinski definition) is 2. The molecule has 1 aromatic rings. The summed E-state index contributed by atoms with van der Waals surface area (Å²) in [6, 6.07) is -1.11. The molecule has 2 aliphatic heterocycles. The summed E-state index contributed by atoms with van der Waals surface area (Å²) in [5, 5.41) is 3.21. The molecule has 36 heavy (non-hydrogen) atoms. The predicted molar refractivity (Wildman–Crippen MR) is 135 cm³/mol. The Morgan fingerprint density at radius 1 is 1.31 bits per heavy atom. The van der Waals surface area contributed by atoms with E-state index in [0.717, 1.165) is 25.7 Å². The number of hydrogen-bond acceptors (Lipinski definition) is 7. The highest BCUT2D eigenvalue weighted by Gasteiger charge is 2.43. The number of ether oxygens (including phenoxy) is 1. The number of piperidine rings is 1. The van der Waals surface area contributed by atoms with Gasteiger partial charge in [-0.1, -0.05) is 31.1 Å². The second-order valence-electron chi connectivity index (χ2n) is 10.9. The molecule has 3 N–H and O–H groups in total. The fourth-order valence-corrected chi connectivity index (χ4v) is 6.39. The Labute approximate surface area is 215 Å². The Balaban J connectivity index is 1.50. The highest BCUT2D eigenvalue weighted by molar-refractivity contribution is 7.15. The van der Waals surface area contributed by atoms with Gasteiger partial charge in [0, 0.05) is 38.2 Å². The van der Waals surface area contributed by atoms with Crippen LogP contribution in [0.1, 0.15) is 70.2 Å². The molecule has 11 heteroatoms. The molecule has 2 unspecified atom stereocenters. The highest BCUT2D eigenvalue weighted by atomic mass is 32.1. The first kappa shape index (κ1) is 27.3. The number of likely N-dealkylation sites (tertiary alicyclic amines) is 1. The summed E-state index contributed by atoms with van der Waals surface area (Å²) < 4.78 is 34.5. The average molecular weight is 528 g/mol. The summed E-state index contributed by atoms with van der Waals surface area (Å²) in [4.78, 5) is 34.2. The molecule has 8 nitrogen and oxygen atoms in total. The number of aromatic nitrogens is 1. The second kappa shape index (κ2) is 11.4. The Bertz CT molecular complexity index is 923. The number of carbonyl (C=O) groups excluding carboxylic acids is 2. The summed E-state index contributed by atoms with van der Waals surface area (Å²) in [5.74, 6) is -2.68. The van der Waals surface area contributed by atoms with Crippen LogP contribution in [0.15, 0.2) is 6.20 Å². The Morgan fingerprint density at radius 3 is 2.75 bits per heavy atom. The van der Waals surface area contributed by atoms with Crippen molar-refractivity contribution in [2.24, 2.45) is 17.6 Å². The normalized spacial score (nSPS) is 31.2. The van der Waals surface area contributed by atoms with Crippen molar-refractivity contribution in [3.63, 3.8) is 0 Å². The standard InChI is InChI=1S/C25H39F2N5O3S/c1-15-4-6-18(7-5-15)22(28)23(34)30-24-29-10-20(36-24)19(12-31-11-17(3)35-13-16(31)2)32-14-25(26,27)9-8-21(32)33/h10,15-19,22H,4-9,11-14,28H2,1-3H3,(H,29,30,34)/t15?,16-,17-,18?,19?,22?/m1/s1. The Hall–Kier alpha value is -1.69. The number of halogens is 2. The smallest absolute Gasteiger partial charge is 0.265 e. The maximum atomic E-state index is 14.4. The second-order valence-corrected chi connectivity index (χ2v) is 12.0. The van der Waals surface area contributed by atoms with Crippen molar-refractivity contribution in [3.05, 3.63) is 11.1 Å². The minimum absolute atomic E-state index is 0.0147. The van der Waals surface area contributed by atoms with Crippen LogP contribution in [-0.2, 0) is 14.3 Å². The zero-order valence-electron chi connectivity index (χ0n) is 21.4. The predicted octanol–water partition coefficient (Wildman–Crippen LogP) is 3.64. The monoisotopic (exact) mass is 527 g/mol. The molecule has 0 aromatic carbocycles. The van der Waals surface area contributed by atoms with Crippen molar-refractivity contribution in [1.29, 1.82) is 0 Å². The van der Waals surface area contributed by atoms with E-state index in [1.54, 1.807) is 6.20 Å². The molecule has 4 rings (SSSR count). The molecule has 1 aliphatic carbocycles. The third kappa shape index (κ3) is 6.59. The molecule has 0 spiro atoms. The number of alkyl halides is 2. The third-order valence-electron chi connectivity index (χ3n) is 7.90. The number of carbonyl (C=O) groups is 2. The quantitative estimate of drug-likeness (QED) is 0.562. The maximum Gasteiger partial charge on any atom is 0.265 e. The summed E-state index contributed by atoms with van der Waals surface area (Å²) in [5.41, 5.74) is 6.28. The van der Waals surface area contributed by atoms with E-state index in [2.05, 4.69) is 22.1 Å². The van der Waals surface area contributed by atoms with E-state index in [0.29, 0.717) is 35.6 Å². The number of nitrogens with zero attached hydrogens (tertiary/aromatic N) is 3. The minimum atomic E-state index is -2.93. The molecule has 2 amide bonds. The first-order valence-corrected chi connectivity index (χ1v) is 13.9. The van der Waals surface area contributed by atoms with Gasteiger partial charge in [-0.15, -0.1) is 0 Å². The van der Waals surface area contributed by atoms with Crippen LogP contribution >= 0.6 is 11.3 Å². The summed E-state index contributed by atoms with van der Waals surface area (Å²) in [6.45, 7) is 7.19. The maximum absolute atomic E-state index is 14.4. The van der Waals surface area contributed by atoms with Crippen molar-refractivity contribution in [2.45, 2.75) is 89.4 Å². The van der Waals surface area contributed by atoms with E-state index in [1.165, 1.54) is 16.2 Å². The van der Waals surface area contributed by atoms with E-state index in [1.807, 2.05) is 13.8 Å². The lowest BCUT2D eigenvalue weighted by molar-refractivity contribution is -0.153. The van der Waals surface area contributed by atoms with E-state index in [4.69, 9.17) is 10.5 Å². The van der Waals surface area contributed by atoms with Gasteiger partial charge in [0.1, 0.15) is 0 Å². The molecule has 2 saturated heterocycles. The number of thiazole rings is 1. The van der Waals surface area contributed by atoms with E-state index < -0.39 is 31.0 Å². The van der Waals surface area contributed by atoms with Crippen molar-refractivity contribution in [2.75, 3.05) is 31.6 Å². The molecule has 1 aromatic heterocycles. The fraction of sp³-hybridized carbons (Fsp3) is 0.800. The van der Waals surface area contributed by atoms with Gasteiger partial charge in [-0.25, -0.2) is 13.8 Å². The molecular weight excluding hydrogens is 488 g/mol. The molecule has 3 aliphatic rings. The first-order chi connectivity index (χ1) is 17.0. The number of rotatable bonds is 7. The Morgan fingerprint density at radius 2 is 2.03 bits per heavy atom. The molecule has 202 valence electrons. The van der Waals surface area contributed by atoms with Gasteiger partial charge < -0.3 is 20.7 Å². The van der Waals surface area contributed by atoms with Crippen LogP contribution in [0.2, 0.25) is 0 Å². The third-order valence-corrected chi connectivity index (χ3v) is 8.91. The van der Waals surface area contributed by atoms with Gasteiger partial charge >= 0.3 is 0 Å². The molecule has 0 radical (unpaired) electrons. The average Bonchev–Trinajstić information content (AvgIpc) is 3.29. The van der Waals surface area contributed by atoms with Crippen LogP contribution in [0.25, 0.3) is 0 Å².